The lowest BCUT2D eigenvalue weighted by molar-refractivity contribution is 0.156. The smallest absolute Gasteiger partial charge is 0.255 e. The summed E-state index contributed by atoms with van der Waals surface area (Å²) in [5, 5.41) is 4.02. The molecule has 0 amide bonds. The second kappa shape index (κ2) is 7.75. The molecule has 0 atom stereocenters. The van der Waals surface area contributed by atoms with E-state index in [0.717, 1.165) is 30.1 Å². The molecule has 0 saturated heterocycles. The molecule has 0 radical (unpaired) electrons. The summed E-state index contributed by atoms with van der Waals surface area (Å²) in [4.78, 5) is 7.20. The van der Waals surface area contributed by atoms with Crippen LogP contribution in [0.1, 0.15) is 43.7 Å². The number of nitrogens with zero attached hydrogens (tertiary/aromatic N) is 2. The summed E-state index contributed by atoms with van der Waals surface area (Å²) in [5.41, 5.74) is 1.02. The minimum atomic E-state index is -2.34. The summed E-state index contributed by atoms with van der Waals surface area (Å²) in [7, 11) is 1.67. The zero-order valence-electron chi connectivity index (χ0n) is 12.0. The van der Waals surface area contributed by atoms with Crippen LogP contribution in [0.3, 0.4) is 0 Å². The number of thiazole rings is 1. The molecule has 0 aromatic carbocycles. The maximum atomic E-state index is 12.4. The molecule has 3 nitrogen and oxygen atoms in total. The van der Waals surface area contributed by atoms with Gasteiger partial charge >= 0.3 is 0 Å². The van der Waals surface area contributed by atoms with E-state index in [4.69, 9.17) is 0 Å². The number of anilines is 1. The Labute approximate surface area is 118 Å². The van der Waals surface area contributed by atoms with Crippen molar-refractivity contribution in [3.8, 4) is 0 Å². The predicted molar refractivity (Wildman–Crippen MR) is 77.5 cm³/mol. The molecule has 0 saturated carbocycles. The van der Waals surface area contributed by atoms with Crippen molar-refractivity contribution in [1.29, 1.82) is 0 Å². The molecule has 1 N–H and O–H groups in total. The number of halogens is 2. The highest BCUT2D eigenvalue weighted by Gasteiger charge is 2.18. The average Bonchev–Trinajstić information content (AvgIpc) is 2.73. The van der Waals surface area contributed by atoms with Crippen LogP contribution in [0.5, 0.6) is 0 Å². The second-order valence-corrected chi connectivity index (χ2v) is 5.97. The number of nitrogens with one attached hydrogen (secondary N) is 1. The van der Waals surface area contributed by atoms with Gasteiger partial charge in [-0.05, 0) is 18.9 Å². The van der Waals surface area contributed by atoms with Gasteiger partial charge in [0.05, 0.1) is 12.2 Å². The summed E-state index contributed by atoms with van der Waals surface area (Å²) in [6.45, 7) is 7.72. The fourth-order valence-electron chi connectivity index (χ4n) is 1.76. The van der Waals surface area contributed by atoms with Crippen molar-refractivity contribution < 1.29 is 8.78 Å². The van der Waals surface area contributed by atoms with Crippen LogP contribution in [0.15, 0.2) is 0 Å². The van der Waals surface area contributed by atoms with E-state index < -0.39 is 6.43 Å². The van der Waals surface area contributed by atoms with Crippen molar-refractivity contribution in [2.75, 3.05) is 25.0 Å². The maximum absolute atomic E-state index is 12.4. The van der Waals surface area contributed by atoms with Gasteiger partial charge in [0.2, 0.25) is 0 Å². The predicted octanol–water partition coefficient (Wildman–Crippen LogP) is 3.47. The first-order valence-electron chi connectivity index (χ1n) is 6.65. The summed E-state index contributed by atoms with van der Waals surface area (Å²) in [6.07, 6.45) is -1.26. The topological polar surface area (TPSA) is 28.2 Å². The Morgan fingerprint density at radius 2 is 2.05 bits per heavy atom. The summed E-state index contributed by atoms with van der Waals surface area (Å²) >= 11 is 1.51. The number of alkyl halides is 2. The Balaban J connectivity index is 2.81. The van der Waals surface area contributed by atoms with Gasteiger partial charge in [-0.25, -0.2) is 13.8 Å². The molecule has 0 bridgehead atoms. The van der Waals surface area contributed by atoms with E-state index in [1.807, 2.05) is 0 Å². The van der Waals surface area contributed by atoms with Gasteiger partial charge in [0, 0.05) is 18.5 Å². The average molecular weight is 291 g/mol. The Hall–Kier alpha value is -0.750. The largest absolute Gasteiger partial charge is 0.345 e. The first-order chi connectivity index (χ1) is 8.95. The maximum Gasteiger partial charge on any atom is 0.255 e. The molecule has 0 spiro atoms. The van der Waals surface area contributed by atoms with E-state index in [0.29, 0.717) is 11.0 Å². The fourth-order valence-corrected chi connectivity index (χ4v) is 2.91. The minimum absolute atomic E-state index is 0.271. The van der Waals surface area contributed by atoms with Gasteiger partial charge in [0.25, 0.3) is 6.43 Å². The van der Waals surface area contributed by atoms with Gasteiger partial charge in [-0.3, -0.25) is 0 Å². The highest BCUT2D eigenvalue weighted by Crippen LogP contribution is 2.30. The molecular formula is C13H23F2N3S. The first-order valence-corrected chi connectivity index (χ1v) is 7.46. The van der Waals surface area contributed by atoms with Gasteiger partial charge in [-0.15, -0.1) is 11.3 Å². The van der Waals surface area contributed by atoms with E-state index >= 15 is 0 Å². The molecule has 1 rings (SSSR count). The van der Waals surface area contributed by atoms with E-state index in [9.17, 15) is 8.78 Å². The molecule has 1 heterocycles. The van der Waals surface area contributed by atoms with Crippen LogP contribution in [0.25, 0.3) is 0 Å². The zero-order chi connectivity index (χ0) is 14.4. The lowest BCUT2D eigenvalue weighted by Crippen LogP contribution is -2.23. The standard InChI is InChI=1S/C13H23F2N3S/c1-5-6-16-7-10-12(9(2)3)17-13(19-10)18(4)8-11(14)15/h9,11,16H,5-8H2,1-4H3. The van der Waals surface area contributed by atoms with E-state index in [1.54, 1.807) is 7.05 Å². The van der Waals surface area contributed by atoms with Crippen LogP contribution < -0.4 is 10.2 Å². The lowest BCUT2D eigenvalue weighted by Gasteiger charge is -2.14. The minimum Gasteiger partial charge on any atom is -0.345 e. The van der Waals surface area contributed by atoms with E-state index in [1.165, 1.54) is 16.2 Å². The highest BCUT2D eigenvalue weighted by atomic mass is 32.1. The molecular weight excluding hydrogens is 268 g/mol. The van der Waals surface area contributed by atoms with Crippen LogP contribution in [0.4, 0.5) is 13.9 Å². The highest BCUT2D eigenvalue weighted by molar-refractivity contribution is 7.15. The number of hydrogen-bond acceptors (Lipinski definition) is 4. The summed E-state index contributed by atoms with van der Waals surface area (Å²) < 4.78 is 24.8. The van der Waals surface area contributed by atoms with Crippen LogP contribution in [0, 0.1) is 0 Å². The number of aromatic nitrogens is 1. The molecule has 0 fully saturated rings. The van der Waals surface area contributed by atoms with Crippen molar-refractivity contribution in [3.63, 3.8) is 0 Å². The Kier molecular flexibility index (Phi) is 6.65. The molecule has 0 unspecified atom stereocenters. The van der Waals surface area contributed by atoms with Crippen molar-refractivity contribution in [2.24, 2.45) is 0 Å². The molecule has 0 aliphatic heterocycles. The quantitative estimate of drug-likeness (QED) is 0.743. The molecule has 0 aliphatic carbocycles. The van der Waals surface area contributed by atoms with Gasteiger partial charge in [-0.1, -0.05) is 20.8 Å². The van der Waals surface area contributed by atoms with Crippen molar-refractivity contribution in [3.05, 3.63) is 10.6 Å². The molecule has 6 heteroatoms. The van der Waals surface area contributed by atoms with Crippen LogP contribution in [-0.4, -0.2) is 31.5 Å². The Morgan fingerprint density at radius 1 is 1.37 bits per heavy atom. The number of hydrogen-bond donors (Lipinski definition) is 1. The second-order valence-electron chi connectivity index (χ2n) is 4.91. The number of rotatable bonds is 8. The zero-order valence-corrected chi connectivity index (χ0v) is 12.9. The van der Waals surface area contributed by atoms with Gasteiger partial charge in [0.1, 0.15) is 0 Å². The summed E-state index contributed by atoms with van der Waals surface area (Å²) in [6, 6.07) is 0. The monoisotopic (exact) mass is 291 g/mol. The van der Waals surface area contributed by atoms with E-state index in [-0.39, 0.29) is 6.54 Å². The van der Waals surface area contributed by atoms with Crippen molar-refractivity contribution in [2.45, 2.75) is 46.1 Å². The molecule has 19 heavy (non-hydrogen) atoms. The molecule has 1 aromatic rings. The van der Waals surface area contributed by atoms with Gasteiger partial charge in [0.15, 0.2) is 5.13 Å². The SMILES string of the molecule is CCCNCc1sc(N(C)CC(F)F)nc1C(C)C. The first kappa shape index (κ1) is 16.3. The third kappa shape index (κ3) is 5.03. The van der Waals surface area contributed by atoms with Crippen LogP contribution in [0.2, 0.25) is 0 Å². The van der Waals surface area contributed by atoms with Gasteiger partial charge in [-0.2, -0.15) is 0 Å². The Bertz CT molecular complexity index is 380. The Morgan fingerprint density at radius 3 is 2.58 bits per heavy atom. The lowest BCUT2D eigenvalue weighted by atomic mass is 10.1. The normalized spacial score (nSPS) is 11.6. The van der Waals surface area contributed by atoms with Crippen molar-refractivity contribution >= 4 is 16.5 Å². The fraction of sp³-hybridized carbons (Fsp3) is 0.769. The van der Waals surface area contributed by atoms with E-state index in [2.05, 4.69) is 31.1 Å². The third-order valence-corrected chi connectivity index (χ3v) is 3.90. The van der Waals surface area contributed by atoms with Crippen LogP contribution >= 0.6 is 11.3 Å². The molecule has 0 aliphatic rings. The van der Waals surface area contributed by atoms with Crippen LogP contribution in [-0.2, 0) is 6.54 Å². The van der Waals surface area contributed by atoms with Crippen molar-refractivity contribution in [1.82, 2.24) is 10.3 Å². The van der Waals surface area contributed by atoms with Gasteiger partial charge < -0.3 is 10.2 Å². The molecule has 1 aromatic heterocycles. The third-order valence-electron chi connectivity index (χ3n) is 2.71. The molecule has 110 valence electrons. The summed E-state index contributed by atoms with van der Waals surface area (Å²) in [5.74, 6) is 0.309.